The summed E-state index contributed by atoms with van der Waals surface area (Å²) in [6, 6.07) is -0.608. The molecule has 0 aromatic heterocycles. The van der Waals surface area contributed by atoms with Gasteiger partial charge in [0.2, 0.25) is 5.91 Å². The van der Waals surface area contributed by atoms with Gasteiger partial charge in [-0.15, -0.1) is 0 Å². The topological polar surface area (TPSA) is 69.6 Å². The van der Waals surface area contributed by atoms with Crippen LogP contribution in [0.2, 0.25) is 0 Å². The fourth-order valence-electron chi connectivity index (χ4n) is 2.00. The molecule has 1 aliphatic heterocycles. The van der Waals surface area contributed by atoms with Gasteiger partial charge >= 0.3 is 5.97 Å². The predicted octanol–water partition coefficient (Wildman–Crippen LogP) is 0.452. The Balaban J connectivity index is 2.47. The molecule has 0 spiro atoms. The zero-order chi connectivity index (χ0) is 12.0. The summed E-state index contributed by atoms with van der Waals surface area (Å²) in [4.78, 5) is 24.3. The molecule has 2 N–H and O–H groups in total. The smallest absolute Gasteiger partial charge is 0.326 e. The van der Waals surface area contributed by atoms with E-state index < -0.39 is 12.0 Å². The van der Waals surface area contributed by atoms with Crippen molar-refractivity contribution in [1.29, 1.82) is 0 Å². The van der Waals surface area contributed by atoms with Gasteiger partial charge in [0.15, 0.2) is 0 Å². The Bertz CT molecular complexity index is 256. The monoisotopic (exact) mass is 228 g/mol. The fourth-order valence-corrected chi connectivity index (χ4v) is 2.00. The highest BCUT2D eigenvalue weighted by Crippen LogP contribution is 2.17. The third-order valence-electron chi connectivity index (χ3n) is 2.87. The highest BCUT2D eigenvalue weighted by atomic mass is 16.4. The molecule has 1 heterocycles. The molecular weight excluding hydrogens is 208 g/mol. The van der Waals surface area contributed by atoms with E-state index in [4.69, 9.17) is 5.11 Å². The quantitative estimate of drug-likeness (QED) is 0.670. The van der Waals surface area contributed by atoms with Crippen LogP contribution in [0.5, 0.6) is 0 Å². The number of carbonyl (C=O) groups is 2. The zero-order valence-corrected chi connectivity index (χ0v) is 9.74. The van der Waals surface area contributed by atoms with Crippen LogP contribution in [0.15, 0.2) is 0 Å². The lowest BCUT2D eigenvalue weighted by Crippen LogP contribution is -2.48. The number of rotatable bonds is 5. The maximum Gasteiger partial charge on any atom is 0.326 e. The van der Waals surface area contributed by atoms with Gasteiger partial charge < -0.3 is 15.3 Å². The van der Waals surface area contributed by atoms with E-state index in [0.29, 0.717) is 25.9 Å². The van der Waals surface area contributed by atoms with E-state index in [1.807, 2.05) is 6.92 Å². The Kier molecular flexibility index (Phi) is 5.25. The summed E-state index contributed by atoms with van der Waals surface area (Å²) < 4.78 is 0. The average molecular weight is 228 g/mol. The molecule has 1 saturated heterocycles. The molecule has 1 atom stereocenters. The van der Waals surface area contributed by atoms with Crippen molar-refractivity contribution in [3.63, 3.8) is 0 Å². The Morgan fingerprint density at radius 3 is 2.81 bits per heavy atom. The van der Waals surface area contributed by atoms with Gasteiger partial charge in [0.1, 0.15) is 6.04 Å². The van der Waals surface area contributed by atoms with Crippen LogP contribution in [0, 0.1) is 0 Å². The van der Waals surface area contributed by atoms with Crippen LogP contribution < -0.4 is 5.32 Å². The molecule has 1 amide bonds. The molecule has 0 aromatic carbocycles. The number of piperidine rings is 1. The minimum Gasteiger partial charge on any atom is -0.480 e. The van der Waals surface area contributed by atoms with Crippen LogP contribution >= 0.6 is 0 Å². The van der Waals surface area contributed by atoms with E-state index in [0.717, 1.165) is 19.4 Å². The van der Waals surface area contributed by atoms with Crippen molar-refractivity contribution in [2.45, 2.75) is 38.6 Å². The predicted molar refractivity (Wildman–Crippen MR) is 60.1 cm³/mol. The number of carboxylic acids is 1. The molecule has 0 aliphatic carbocycles. The third-order valence-corrected chi connectivity index (χ3v) is 2.87. The lowest BCUT2D eigenvalue weighted by molar-refractivity contribution is -0.152. The molecule has 1 rings (SSSR count). The zero-order valence-electron chi connectivity index (χ0n) is 9.74. The highest BCUT2D eigenvalue weighted by Gasteiger charge is 2.31. The molecule has 0 saturated carbocycles. The van der Waals surface area contributed by atoms with Crippen LogP contribution in [-0.4, -0.2) is 47.6 Å². The lowest BCUT2D eigenvalue weighted by Gasteiger charge is -2.33. The van der Waals surface area contributed by atoms with E-state index >= 15 is 0 Å². The van der Waals surface area contributed by atoms with E-state index in [1.54, 1.807) is 0 Å². The number of hydrogen-bond acceptors (Lipinski definition) is 3. The average Bonchev–Trinajstić information content (AvgIpc) is 2.29. The van der Waals surface area contributed by atoms with Crippen molar-refractivity contribution in [3.8, 4) is 0 Å². The minimum atomic E-state index is -0.878. The maximum atomic E-state index is 11.8. The Morgan fingerprint density at radius 2 is 2.19 bits per heavy atom. The molecule has 1 unspecified atom stereocenters. The summed E-state index contributed by atoms with van der Waals surface area (Å²) in [6.45, 7) is 4.02. The van der Waals surface area contributed by atoms with E-state index in [-0.39, 0.29) is 5.91 Å². The van der Waals surface area contributed by atoms with E-state index in [2.05, 4.69) is 5.32 Å². The van der Waals surface area contributed by atoms with Gasteiger partial charge in [-0.1, -0.05) is 6.92 Å². The third kappa shape index (κ3) is 3.48. The first-order valence-corrected chi connectivity index (χ1v) is 5.89. The van der Waals surface area contributed by atoms with Gasteiger partial charge in [-0.2, -0.15) is 0 Å². The van der Waals surface area contributed by atoms with Crippen LogP contribution in [0.4, 0.5) is 0 Å². The molecule has 0 aromatic rings. The normalized spacial score (nSPS) is 20.8. The second-order valence-electron chi connectivity index (χ2n) is 4.04. The number of likely N-dealkylation sites (tertiary alicyclic amines) is 1. The molecule has 1 fully saturated rings. The molecule has 5 nitrogen and oxygen atoms in total. The van der Waals surface area contributed by atoms with Crippen molar-refractivity contribution < 1.29 is 14.7 Å². The molecule has 1 aliphatic rings. The number of carbonyl (C=O) groups excluding carboxylic acids is 1. The van der Waals surface area contributed by atoms with Crippen molar-refractivity contribution in [2.24, 2.45) is 0 Å². The standard InChI is InChI=1S/C11H20N2O3/c1-2-12-7-6-10(14)13-8-4-3-5-9(13)11(15)16/h9,12H,2-8H2,1H3,(H,15,16). The molecule has 16 heavy (non-hydrogen) atoms. The highest BCUT2D eigenvalue weighted by molar-refractivity contribution is 5.83. The number of amides is 1. The van der Waals surface area contributed by atoms with Crippen molar-refractivity contribution >= 4 is 11.9 Å². The summed E-state index contributed by atoms with van der Waals surface area (Å²) in [5.41, 5.74) is 0. The molecule has 0 bridgehead atoms. The van der Waals surface area contributed by atoms with Gasteiger partial charge in [0, 0.05) is 19.5 Å². The first-order chi connectivity index (χ1) is 7.66. The second-order valence-corrected chi connectivity index (χ2v) is 4.04. The molecular formula is C11H20N2O3. The first-order valence-electron chi connectivity index (χ1n) is 5.89. The van der Waals surface area contributed by atoms with Gasteiger partial charge in [0.25, 0.3) is 0 Å². The maximum absolute atomic E-state index is 11.8. The molecule has 0 radical (unpaired) electrons. The summed E-state index contributed by atoms with van der Waals surface area (Å²) >= 11 is 0. The van der Waals surface area contributed by atoms with Crippen LogP contribution in [0.1, 0.15) is 32.6 Å². The number of nitrogens with one attached hydrogen (secondary N) is 1. The lowest BCUT2D eigenvalue weighted by atomic mass is 10.0. The summed E-state index contributed by atoms with van der Waals surface area (Å²) in [7, 11) is 0. The van der Waals surface area contributed by atoms with Crippen molar-refractivity contribution in [2.75, 3.05) is 19.6 Å². The van der Waals surface area contributed by atoms with Crippen molar-refractivity contribution in [1.82, 2.24) is 10.2 Å². The number of hydrogen-bond donors (Lipinski definition) is 2. The van der Waals surface area contributed by atoms with E-state index in [1.165, 1.54) is 4.90 Å². The van der Waals surface area contributed by atoms with Crippen LogP contribution in [0.3, 0.4) is 0 Å². The minimum absolute atomic E-state index is 0.0481. The van der Waals surface area contributed by atoms with E-state index in [9.17, 15) is 9.59 Å². The van der Waals surface area contributed by atoms with Gasteiger partial charge in [-0.05, 0) is 25.8 Å². The SMILES string of the molecule is CCNCCC(=O)N1CCCCC1C(=O)O. The summed E-state index contributed by atoms with van der Waals surface area (Å²) in [5, 5.41) is 12.1. The van der Waals surface area contributed by atoms with Crippen LogP contribution in [0.25, 0.3) is 0 Å². The number of carboxylic acid groups (broad SMARTS) is 1. The largest absolute Gasteiger partial charge is 0.480 e. The van der Waals surface area contributed by atoms with Gasteiger partial charge in [-0.25, -0.2) is 4.79 Å². The Morgan fingerprint density at radius 1 is 1.44 bits per heavy atom. The second kappa shape index (κ2) is 6.48. The van der Waals surface area contributed by atoms with Crippen molar-refractivity contribution in [3.05, 3.63) is 0 Å². The molecule has 5 heteroatoms. The Hall–Kier alpha value is -1.10. The summed E-state index contributed by atoms with van der Waals surface area (Å²) in [5.74, 6) is -0.926. The van der Waals surface area contributed by atoms with Gasteiger partial charge in [-0.3, -0.25) is 4.79 Å². The first kappa shape index (κ1) is 13.0. The number of aliphatic carboxylic acids is 1. The number of nitrogens with zero attached hydrogens (tertiary/aromatic N) is 1. The van der Waals surface area contributed by atoms with Crippen LogP contribution in [-0.2, 0) is 9.59 Å². The fraction of sp³-hybridized carbons (Fsp3) is 0.818. The molecule has 92 valence electrons. The van der Waals surface area contributed by atoms with Gasteiger partial charge in [0.05, 0.1) is 0 Å². The summed E-state index contributed by atoms with van der Waals surface area (Å²) in [6.07, 6.45) is 2.78. The Labute approximate surface area is 95.8 Å².